The van der Waals surface area contributed by atoms with Crippen molar-refractivity contribution < 1.29 is 13.2 Å². The van der Waals surface area contributed by atoms with Crippen molar-refractivity contribution in [3.8, 4) is 0 Å². The number of rotatable bonds is 4. The Morgan fingerprint density at radius 1 is 1.08 bits per heavy atom. The molecule has 1 aliphatic heterocycles. The Bertz CT molecular complexity index is 863. The second-order valence-corrected chi connectivity index (χ2v) is 8.70. The van der Waals surface area contributed by atoms with Gasteiger partial charge in [0.1, 0.15) is 0 Å². The zero-order valence-corrected chi connectivity index (χ0v) is 15.0. The van der Waals surface area contributed by atoms with Gasteiger partial charge in [-0.3, -0.25) is 4.79 Å². The minimum Gasteiger partial charge on any atom is -0.366 e. The van der Waals surface area contributed by atoms with Crippen molar-refractivity contribution >= 4 is 15.9 Å². The third kappa shape index (κ3) is 3.45. The Morgan fingerprint density at radius 3 is 2.32 bits per heavy atom. The number of amides is 1. The van der Waals surface area contributed by atoms with Crippen molar-refractivity contribution in [2.45, 2.75) is 30.1 Å². The Kier molecular flexibility index (Phi) is 4.67. The molecule has 1 amide bonds. The first-order valence-corrected chi connectivity index (χ1v) is 9.72. The van der Waals surface area contributed by atoms with Crippen molar-refractivity contribution in [1.82, 2.24) is 4.31 Å². The smallest absolute Gasteiger partial charge is 0.248 e. The SMILES string of the molecule is CC1(c2ccccc2)CCCN(S(=O)(=O)c2ccc(C(N)=O)cc2)C1. The molecule has 5 nitrogen and oxygen atoms in total. The van der Waals surface area contributed by atoms with Crippen LogP contribution in [0.3, 0.4) is 0 Å². The quantitative estimate of drug-likeness (QED) is 0.912. The Balaban J connectivity index is 1.88. The summed E-state index contributed by atoms with van der Waals surface area (Å²) in [6.07, 6.45) is 1.76. The highest BCUT2D eigenvalue weighted by molar-refractivity contribution is 7.89. The van der Waals surface area contributed by atoms with Gasteiger partial charge < -0.3 is 5.73 Å². The van der Waals surface area contributed by atoms with Crippen molar-refractivity contribution in [2.75, 3.05) is 13.1 Å². The van der Waals surface area contributed by atoms with E-state index in [1.807, 2.05) is 18.2 Å². The number of nitrogens with zero attached hydrogens (tertiary/aromatic N) is 1. The number of carbonyl (C=O) groups excluding carboxylic acids is 1. The predicted molar refractivity (Wildman–Crippen MR) is 96.7 cm³/mol. The number of hydrogen-bond acceptors (Lipinski definition) is 3. The fraction of sp³-hybridized carbons (Fsp3) is 0.316. The van der Waals surface area contributed by atoms with E-state index < -0.39 is 15.9 Å². The standard InChI is InChI=1S/C19H22N2O3S/c1-19(16-6-3-2-4-7-16)12-5-13-21(14-19)25(23,24)17-10-8-15(9-11-17)18(20)22/h2-4,6-11H,5,12-14H2,1H3,(H2,20,22). The molecule has 2 N–H and O–H groups in total. The van der Waals surface area contributed by atoms with Gasteiger partial charge in [-0.05, 0) is 42.7 Å². The summed E-state index contributed by atoms with van der Waals surface area (Å²) in [5.41, 5.74) is 6.46. The fourth-order valence-electron chi connectivity index (χ4n) is 3.41. The maximum absolute atomic E-state index is 13.0. The molecule has 132 valence electrons. The Labute approximate surface area is 148 Å². The first-order valence-electron chi connectivity index (χ1n) is 8.28. The molecule has 0 radical (unpaired) electrons. The van der Waals surface area contributed by atoms with E-state index >= 15 is 0 Å². The van der Waals surface area contributed by atoms with E-state index in [1.165, 1.54) is 24.3 Å². The molecular formula is C19H22N2O3S. The van der Waals surface area contributed by atoms with E-state index in [1.54, 1.807) is 4.31 Å². The van der Waals surface area contributed by atoms with Crippen LogP contribution in [-0.2, 0) is 15.4 Å². The van der Waals surface area contributed by atoms with E-state index in [0.29, 0.717) is 18.7 Å². The molecule has 0 aromatic heterocycles. The van der Waals surface area contributed by atoms with Crippen LogP contribution in [0.2, 0.25) is 0 Å². The fourth-order valence-corrected chi connectivity index (χ4v) is 5.02. The monoisotopic (exact) mass is 358 g/mol. The van der Waals surface area contributed by atoms with E-state index in [4.69, 9.17) is 5.73 Å². The maximum atomic E-state index is 13.0. The lowest BCUT2D eigenvalue weighted by atomic mass is 9.77. The first-order chi connectivity index (χ1) is 11.8. The molecule has 1 saturated heterocycles. The summed E-state index contributed by atoms with van der Waals surface area (Å²) in [5.74, 6) is -0.571. The summed E-state index contributed by atoms with van der Waals surface area (Å²) in [7, 11) is -3.60. The van der Waals surface area contributed by atoms with Crippen molar-refractivity contribution in [1.29, 1.82) is 0 Å². The van der Waals surface area contributed by atoms with Crippen LogP contribution in [0, 0.1) is 0 Å². The molecule has 2 aromatic rings. The molecule has 0 saturated carbocycles. The number of sulfonamides is 1. The number of benzene rings is 2. The highest BCUT2D eigenvalue weighted by atomic mass is 32.2. The summed E-state index contributed by atoms with van der Waals surface area (Å²) in [6.45, 7) is 3.06. The molecule has 1 unspecified atom stereocenters. The second kappa shape index (κ2) is 6.61. The topological polar surface area (TPSA) is 80.5 Å². The molecule has 0 aliphatic carbocycles. The van der Waals surface area contributed by atoms with Gasteiger partial charge in [-0.25, -0.2) is 8.42 Å². The Morgan fingerprint density at radius 2 is 1.72 bits per heavy atom. The zero-order chi connectivity index (χ0) is 18.1. The summed E-state index contributed by atoms with van der Waals surface area (Å²) in [6, 6.07) is 15.8. The highest BCUT2D eigenvalue weighted by Gasteiger charge is 2.38. The van der Waals surface area contributed by atoms with Crippen LogP contribution in [0.5, 0.6) is 0 Å². The van der Waals surface area contributed by atoms with Crippen LogP contribution in [0.4, 0.5) is 0 Å². The third-order valence-electron chi connectivity index (χ3n) is 4.91. The van der Waals surface area contributed by atoms with Crippen molar-refractivity contribution in [3.63, 3.8) is 0 Å². The summed E-state index contributed by atoms with van der Waals surface area (Å²) >= 11 is 0. The summed E-state index contributed by atoms with van der Waals surface area (Å²) in [5, 5.41) is 0. The Hall–Kier alpha value is -2.18. The lowest BCUT2D eigenvalue weighted by Crippen LogP contribution is -2.46. The van der Waals surface area contributed by atoms with Gasteiger partial charge in [0.05, 0.1) is 4.90 Å². The van der Waals surface area contributed by atoms with Crippen LogP contribution in [0.15, 0.2) is 59.5 Å². The molecule has 6 heteroatoms. The highest BCUT2D eigenvalue weighted by Crippen LogP contribution is 2.35. The van der Waals surface area contributed by atoms with Crippen LogP contribution >= 0.6 is 0 Å². The zero-order valence-electron chi connectivity index (χ0n) is 14.2. The molecule has 1 atom stereocenters. The van der Waals surface area contributed by atoms with Crippen LogP contribution < -0.4 is 5.73 Å². The second-order valence-electron chi connectivity index (χ2n) is 6.76. The molecule has 0 bridgehead atoms. The minimum absolute atomic E-state index is 0.190. The minimum atomic E-state index is -3.60. The average molecular weight is 358 g/mol. The van der Waals surface area contributed by atoms with Gasteiger partial charge in [0.25, 0.3) is 0 Å². The summed E-state index contributed by atoms with van der Waals surface area (Å²) < 4.78 is 27.5. The van der Waals surface area contributed by atoms with E-state index in [-0.39, 0.29) is 10.3 Å². The van der Waals surface area contributed by atoms with Crippen molar-refractivity contribution in [2.24, 2.45) is 5.73 Å². The molecule has 1 fully saturated rings. The first kappa shape index (κ1) is 17.6. The molecule has 25 heavy (non-hydrogen) atoms. The molecule has 2 aromatic carbocycles. The number of carbonyl (C=O) groups is 1. The van der Waals surface area contributed by atoms with Crippen LogP contribution in [0.1, 0.15) is 35.7 Å². The van der Waals surface area contributed by atoms with E-state index in [2.05, 4.69) is 19.1 Å². The molecule has 1 aliphatic rings. The van der Waals surface area contributed by atoms with E-state index in [9.17, 15) is 13.2 Å². The van der Waals surface area contributed by atoms with Crippen LogP contribution in [0.25, 0.3) is 0 Å². The molecule has 1 heterocycles. The van der Waals surface area contributed by atoms with Crippen LogP contribution in [-0.4, -0.2) is 31.7 Å². The van der Waals surface area contributed by atoms with Gasteiger partial charge in [-0.15, -0.1) is 0 Å². The van der Waals surface area contributed by atoms with E-state index in [0.717, 1.165) is 18.4 Å². The van der Waals surface area contributed by atoms with Gasteiger partial charge in [-0.1, -0.05) is 37.3 Å². The maximum Gasteiger partial charge on any atom is 0.248 e. The largest absolute Gasteiger partial charge is 0.366 e. The average Bonchev–Trinajstić information content (AvgIpc) is 2.62. The van der Waals surface area contributed by atoms with Gasteiger partial charge in [0.2, 0.25) is 15.9 Å². The molecular weight excluding hydrogens is 336 g/mol. The van der Waals surface area contributed by atoms with Gasteiger partial charge >= 0.3 is 0 Å². The number of hydrogen-bond donors (Lipinski definition) is 1. The summed E-state index contributed by atoms with van der Waals surface area (Å²) in [4.78, 5) is 11.4. The number of primary amides is 1. The molecule has 3 rings (SSSR count). The lowest BCUT2D eigenvalue weighted by Gasteiger charge is -2.40. The molecule has 0 spiro atoms. The lowest BCUT2D eigenvalue weighted by molar-refractivity contribution is 0.1000. The van der Waals surface area contributed by atoms with Gasteiger partial charge in [-0.2, -0.15) is 4.31 Å². The van der Waals surface area contributed by atoms with Gasteiger partial charge in [0, 0.05) is 24.1 Å². The number of piperidine rings is 1. The normalized spacial score (nSPS) is 21.8. The third-order valence-corrected chi connectivity index (χ3v) is 6.77. The predicted octanol–water partition coefficient (Wildman–Crippen LogP) is 2.53. The van der Waals surface area contributed by atoms with Gasteiger partial charge in [0.15, 0.2) is 0 Å². The van der Waals surface area contributed by atoms with Crippen molar-refractivity contribution in [3.05, 3.63) is 65.7 Å². The number of nitrogens with two attached hydrogens (primary N) is 1.